The summed E-state index contributed by atoms with van der Waals surface area (Å²) in [5.74, 6) is -4.84. The van der Waals surface area contributed by atoms with Crippen LogP contribution in [0.3, 0.4) is 0 Å². The molecule has 0 fully saturated rings. The van der Waals surface area contributed by atoms with E-state index in [1.165, 1.54) is 0 Å². The molecular weight excluding hydrogens is 365 g/mol. The van der Waals surface area contributed by atoms with Gasteiger partial charge in [-0.3, -0.25) is 4.79 Å². The lowest BCUT2D eigenvalue weighted by atomic mass is 9.98. The van der Waals surface area contributed by atoms with Crippen LogP contribution in [-0.4, -0.2) is 11.9 Å². The first-order valence-electron chi connectivity index (χ1n) is 8.86. The van der Waals surface area contributed by atoms with Gasteiger partial charge in [0.15, 0.2) is 23.5 Å². The van der Waals surface area contributed by atoms with E-state index < -0.39 is 29.4 Å². The molecule has 3 aromatic rings. The molecule has 0 aliphatic carbocycles. The van der Waals surface area contributed by atoms with E-state index in [2.05, 4.69) is 5.32 Å². The highest BCUT2D eigenvalue weighted by molar-refractivity contribution is 5.93. The minimum Gasteiger partial charge on any atom is -0.326 e. The second kappa shape index (κ2) is 8.71. The molecule has 6 heteroatoms. The number of anilines is 1. The summed E-state index contributed by atoms with van der Waals surface area (Å²) in [4.78, 5) is 12.5. The molecule has 1 atom stereocenters. The summed E-state index contributed by atoms with van der Waals surface area (Å²) in [5.41, 5.74) is 1.62. The molecule has 144 valence electrons. The highest BCUT2D eigenvalue weighted by Crippen LogP contribution is 2.20. The SMILES string of the molecule is C[C@H]([NH2+]C(c1ccccc1)c1ccccc1)C(=O)Nc1ccc(F)c(F)c1F. The third kappa shape index (κ3) is 4.40. The molecule has 28 heavy (non-hydrogen) atoms. The Morgan fingerprint density at radius 3 is 1.89 bits per heavy atom. The Morgan fingerprint density at radius 2 is 1.36 bits per heavy atom. The predicted octanol–water partition coefficient (Wildman–Crippen LogP) is 3.78. The number of nitrogens with one attached hydrogen (secondary N) is 1. The van der Waals surface area contributed by atoms with E-state index >= 15 is 0 Å². The molecule has 0 unspecified atom stereocenters. The highest BCUT2D eigenvalue weighted by Gasteiger charge is 2.26. The standard InChI is InChI=1S/C22H19F3N2O/c1-14(22(28)27-18-13-12-17(23)19(24)20(18)25)26-21(15-8-4-2-5-9-15)16-10-6-3-7-11-16/h2-14,21,26H,1H3,(H,27,28)/p+1/t14-/m0/s1. The number of carbonyl (C=O) groups excluding carboxylic acids is 1. The van der Waals surface area contributed by atoms with E-state index in [1.807, 2.05) is 66.0 Å². The Labute approximate surface area is 161 Å². The number of halogens is 3. The van der Waals surface area contributed by atoms with Gasteiger partial charge in [-0.1, -0.05) is 60.7 Å². The summed E-state index contributed by atoms with van der Waals surface area (Å²) < 4.78 is 40.3. The summed E-state index contributed by atoms with van der Waals surface area (Å²) in [6.07, 6.45) is 0. The molecule has 0 aliphatic rings. The first kappa shape index (κ1) is 19.6. The van der Waals surface area contributed by atoms with Gasteiger partial charge in [-0.25, -0.2) is 13.2 Å². The van der Waals surface area contributed by atoms with Crippen molar-refractivity contribution in [1.29, 1.82) is 0 Å². The van der Waals surface area contributed by atoms with Crippen molar-refractivity contribution in [2.75, 3.05) is 5.32 Å². The third-order valence-corrected chi connectivity index (χ3v) is 4.51. The van der Waals surface area contributed by atoms with Gasteiger partial charge in [0.1, 0.15) is 6.04 Å². The van der Waals surface area contributed by atoms with Crippen LogP contribution in [0.25, 0.3) is 0 Å². The van der Waals surface area contributed by atoms with Crippen molar-refractivity contribution < 1.29 is 23.3 Å². The van der Waals surface area contributed by atoms with E-state index in [-0.39, 0.29) is 11.7 Å². The highest BCUT2D eigenvalue weighted by atomic mass is 19.2. The zero-order valence-electron chi connectivity index (χ0n) is 15.2. The van der Waals surface area contributed by atoms with Crippen molar-refractivity contribution in [2.24, 2.45) is 0 Å². The molecule has 3 nitrogen and oxygen atoms in total. The van der Waals surface area contributed by atoms with E-state index in [9.17, 15) is 18.0 Å². The van der Waals surface area contributed by atoms with Crippen LogP contribution in [0.4, 0.5) is 18.9 Å². The minimum absolute atomic E-state index is 0.155. The topological polar surface area (TPSA) is 45.7 Å². The fraction of sp³-hybridized carbons (Fsp3) is 0.136. The number of carbonyl (C=O) groups is 1. The summed E-state index contributed by atoms with van der Waals surface area (Å²) in [5, 5.41) is 4.18. The van der Waals surface area contributed by atoms with Crippen LogP contribution in [-0.2, 0) is 4.79 Å². The van der Waals surface area contributed by atoms with Gasteiger partial charge in [0.05, 0.1) is 5.69 Å². The Morgan fingerprint density at radius 1 is 0.821 bits per heavy atom. The molecule has 1 amide bonds. The Bertz CT molecular complexity index is 909. The Hall–Kier alpha value is -3.12. The molecule has 3 rings (SSSR count). The van der Waals surface area contributed by atoms with Gasteiger partial charge in [-0.2, -0.15) is 0 Å². The zero-order valence-corrected chi connectivity index (χ0v) is 15.2. The quantitative estimate of drug-likeness (QED) is 0.623. The monoisotopic (exact) mass is 385 g/mol. The lowest BCUT2D eigenvalue weighted by Gasteiger charge is -2.21. The maximum Gasteiger partial charge on any atom is 0.282 e. The van der Waals surface area contributed by atoms with Gasteiger partial charge in [0.25, 0.3) is 5.91 Å². The predicted molar refractivity (Wildman–Crippen MR) is 101 cm³/mol. The van der Waals surface area contributed by atoms with E-state index in [4.69, 9.17) is 0 Å². The summed E-state index contributed by atoms with van der Waals surface area (Å²) in [6.45, 7) is 1.67. The molecule has 0 aliphatic heterocycles. The molecular formula is C22H20F3N2O+. The molecule has 0 radical (unpaired) electrons. The largest absolute Gasteiger partial charge is 0.326 e. The number of hydrogen-bond donors (Lipinski definition) is 2. The average Bonchev–Trinajstić information content (AvgIpc) is 2.73. The van der Waals surface area contributed by atoms with Gasteiger partial charge in [0.2, 0.25) is 0 Å². The first-order chi connectivity index (χ1) is 13.5. The number of rotatable bonds is 6. The van der Waals surface area contributed by atoms with Crippen molar-refractivity contribution in [3.8, 4) is 0 Å². The Kier molecular flexibility index (Phi) is 6.11. The lowest BCUT2D eigenvalue weighted by Crippen LogP contribution is -2.92. The number of nitrogens with two attached hydrogens (primary N) is 1. The van der Waals surface area contributed by atoms with Gasteiger partial charge in [-0.15, -0.1) is 0 Å². The van der Waals surface area contributed by atoms with Crippen LogP contribution in [0, 0.1) is 17.5 Å². The van der Waals surface area contributed by atoms with Crippen molar-refractivity contribution in [1.82, 2.24) is 0 Å². The molecule has 3 N–H and O–H groups in total. The maximum absolute atomic E-state index is 13.8. The van der Waals surface area contributed by atoms with Crippen LogP contribution in [0.1, 0.15) is 24.1 Å². The van der Waals surface area contributed by atoms with Crippen molar-refractivity contribution in [3.05, 3.63) is 101 Å². The molecule has 0 saturated carbocycles. The lowest BCUT2D eigenvalue weighted by molar-refractivity contribution is -0.704. The van der Waals surface area contributed by atoms with Crippen molar-refractivity contribution in [2.45, 2.75) is 19.0 Å². The minimum atomic E-state index is -1.61. The van der Waals surface area contributed by atoms with Gasteiger partial charge in [-0.05, 0) is 19.1 Å². The maximum atomic E-state index is 13.8. The smallest absolute Gasteiger partial charge is 0.282 e. The second-order valence-electron chi connectivity index (χ2n) is 6.49. The first-order valence-corrected chi connectivity index (χ1v) is 8.86. The second-order valence-corrected chi connectivity index (χ2v) is 6.49. The molecule has 0 heterocycles. The van der Waals surface area contributed by atoms with Crippen LogP contribution >= 0.6 is 0 Å². The molecule has 0 saturated heterocycles. The fourth-order valence-corrected chi connectivity index (χ4v) is 2.98. The van der Waals surface area contributed by atoms with Crippen LogP contribution < -0.4 is 10.6 Å². The van der Waals surface area contributed by atoms with Gasteiger partial charge >= 0.3 is 0 Å². The molecule has 0 bridgehead atoms. The number of hydrogen-bond acceptors (Lipinski definition) is 1. The zero-order chi connectivity index (χ0) is 20.1. The Balaban J connectivity index is 1.79. The summed E-state index contributed by atoms with van der Waals surface area (Å²) >= 11 is 0. The summed E-state index contributed by atoms with van der Waals surface area (Å²) in [6, 6.07) is 20.4. The number of quaternary nitrogens is 1. The number of benzene rings is 3. The number of amides is 1. The van der Waals surface area contributed by atoms with Crippen LogP contribution in [0.15, 0.2) is 72.8 Å². The van der Waals surface area contributed by atoms with Gasteiger partial charge in [0, 0.05) is 11.1 Å². The fourth-order valence-electron chi connectivity index (χ4n) is 2.98. The van der Waals surface area contributed by atoms with E-state index in [1.54, 1.807) is 6.92 Å². The molecule has 3 aromatic carbocycles. The van der Waals surface area contributed by atoms with Crippen molar-refractivity contribution in [3.63, 3.8) is 0 Å². The normalized spacial score (nSPS) is 12.0. The average molecular weight is 385 g/mol. The van der Waals surface area contributed by atoms with E-state index in [0.29, 0.717) is 0 Å². The molecule has 0 aromatic heterocycles. The van der Waals surface area contributed by atoms with Crippen molar-refractivity contribution >= 4 is 11.6 Å². The van der Waals surface area contributed by atoms with E-state index in [0.717, 1.165) is 23.3 Å². The molecule has 0 spiro atoms. The van der Waals surface area contributed by atoms with Crippen LogP contribution in [0.5, 0.6) is 0 Å². The summed E-state index contributed by atoms with van der Waals surface area (Å²) in [7, 11) is 0. The third-order valence-electron chi connectivity index (χ3n) is 4.51. The van der Waals surface area contributed by atoms with Crippen LogP contribution in [0.2, 0.25) is 0 Å². The van der Waals surface area contributed by atoms with Gasteiger partial charge < -0.3 is 10.6 Å².